The fourth-order valence-electron chi connectivity index (χ4n) is 3.37. The third-order valence-electron chi connectivity index (χ3n) is 5.41. The van der Waals surface area contributed by atoms with Crippen LogP contribution < -0.4 is 9.80 Å². The normalized spacial score (nSPS) is 11.7. The van der Waals surface area contributed by atoms with E-state index in [1.54, 1.807) is 31.1 Å². The first-order valence-electron chi connectivity index (χ1n) is 12.1. The van der Waals surface area contributed by atoms with Crippen molar-refractivity contribution in [3.63, 3.8) is 0 Å². The third-order valence-corrected chi connectivity index (χ3v) is 7.18. The Balaban J connectivity index is 0.000000295. The molecular formula is C24H28N8NiO8S2. The minimum atomic E-state index is -4.43. The number of oxazole rings is 2. The van der Waals surface area contributed by atoms with Crippen molar-refractivity contribution in [1.29, 1.82) is 0 Å². The van der Waals surface area contributed by atoms with Gasteiger partial charge in [-0.15, -0.1) is 10.2 Å². The molecule has 43 heavy (non-hydrogen) atoms. The van der Waals surface area contributed by atoms with E-state index < -0.39 is 20.2 Å². The molecule has 0 atom stereocenters. The molecule has 2 aromatic heterocycles. The van der Waals surface area contributed by atoms with Gasteiger partial charge in [0.05, 0.1) is 12.4 Å². The Morgan fingerprint density at radius 3 is 1.49 bits per heavy atom. The van der Waals surface area contributed by atoms with Gasteiger partial charge in [0, 0.05) is 55.1 Å². The second kappa shape index (κ2) is 15.4. The van der Waals surface area contributed by atoms with E-state index in [0.717, 1.165) is 0 Å². The summed E-state index contributed by atoms with van der Waals surface area (Å²) in [4.78, 5) is 10.5. The second-order valence-corrected chi connectivity index (χ2v) is 11.1. The molecule has 0 saturated heterocycles. The largest absolute Gasteiger partial charge is 0.430 e. The van der Waals surface area contributed by atoms with Crippen molar-refractivity contribution < 1.29 is 51.3 Å². The number of benzene rings is 2. The van der Waals surface area contributed by atoms with E-state index in [9.17, 15) is 25.9 Å². The summed E-state index contributed by atoms with van der Waals surface area (Å²) in [6, 6.07) is 8.93. The van der Waals surface area contributed by atoms with Gasteiger partial charge in [-0.2, -0.15) is 26.8 Å². The van der Waals surface area contributed by atoms with Gasteiger partial charge in [-0.05, 0) is 50.2 Å². The van der Waals surface area contributed by atoms with Crippen molar-refractivity contribution in [3.05, 3.63) is 61.3 Å². The van der Waals surface area contributed by atoms with Gasteiger partial charge in [0.2, 0.25) is 0 Å². The average Bonchev–Trinajstić information content (AvgIpc) is 3.66. The SMILES string of the molecule is CCN(CC)c1ccc(N=Nc2ncco2)c(S(=O)(=O)O)c1.CN(C)c1ccc(N=Nc2ncco2)c(S(=O)(=O)O)c1.[Ni]. The Labute approximate surface area is 258 Å². The zero-order valence-electron chi connectivity index (χ0n) is 23.2. The van der Waals surface area contributed by atoms with Crippen molar-refractivity contribution in [3.8, 4) is 0 Å². The molecular weight excluding hydrogens is 651 g/mol. The zero-order valence-corrected chi connectivity index (χ0v) is 25.9. The minimum Gasteiger partial charge on any atom is -0.430 e. The first kappa shape index (κ1) is 35.2. The zero-order chi connectivity index (χ0) is 30.9. The van der Waals surface area contributed by atoms with E-state index in [1.807, 2.05) is 18.7 Å². The third kappa shape index (κ3) is 10.0. The van der Waals surface area contributed by atoms with Gasteiger partial charge in [-0.25, -0.2) is 0 Å². The molecule has 2 aromatic carbocycles. The first-order chi connectivity index (χ1) is 19.8. The summed E-state index contributed by atoms with van der Waals surface area (Å²) in [5.74, 6) is 0. The van der Waals surface area contributed by atoms with Crippen LogP contribution in [0, 0.1) is 0 Å². The fraction of sp³-hybridized carbons (Fsp3) is 0.250. The molecule has 0 saturated carbocycles. The average molecular weight is 679 g/mol. The van der Waals surface area contributed by atoms with E-state index in [4.69, 9.17) is 8.83 Å². The summed E-state index contributed by atoms with van der Waals surface area (Å²) in [6.45, 7) is 5.32. The maximum atomic E-state index is 11.6. The number of aromatic nitrogens is 2. The molecule has 2 N–H and O–H groups in total. The molecule has 0 bridgehead atoms. The molecule has 0 aliphatic heterocycles. The van der Waals surface area contributed by atoms with Gasteiger partial charge in [0.15, 0.2) is 0 Å². The molecule has 0 fully saturated rings. The van der Waals surface area contributed by atoms with Crippen LogP contribution in [0.2, 0.25) is 0 Å². The number of anilines is 2. The standard InChI is InChI=1S/C13H16N4O4S.C11H12N4O4S.Ni/c1-3-17(4-2)10-5-6-11(12(9-10)22(18,19)20)15-16-13-14-7-8-21-13;1-15(2)8-3-4-9(10(7-8)20(16,17)18)13-14-11-12-5-6-19-11;/h5-9H,3-4H2,1-2H3,(H,18,19,20);3-7H,1-2H3,(H,16,17,18);. The second-order valence-electron chi connectivity index (χ2n) is 8.35. The van der Waals surface area contributed by atoms with Gasteiger partial charge in [0.1, 0.15) is 33.7 Å². The van der Waals surface area contributed by atoms with E-state index in [0.29, 0.717) is 24.5 Å². The van der Waals surface area contributed by atoms with Crippen LogP contribution in [0.1, 0.15) is 13.8 Å². The van der Waals surface area contributed by atoms with Crippen molar-refractivity contribution >= 4 is 55.0 Å². The topological polar surface area (TPSA) is 217 Å². The predicted octanol–water partition coefficient (Wildman–Crippen LogP) is 5.58. The summed E-state index contributed by atoms with van der Waals surface area (Å²) < 4.78 is 74.3. The smallest absolute Gasteiger partial charge is 0.340 e. The Kier molecular flexibility index (Phi) is 12.6. The van der Waals surface area contributed by atoms with Gasteiger partial charge in [0.25, 0.3) is 20.2 Å². The molecule has 0 aliphatic rings. The van der Waals surface area contributed by atoms with Gasteiger partial charge in [-0.1, -0.05) is 10.2 Å². The minimum absolute atomic E-state index is 0. The van der Waals surface area contributed by atoms with Gasteiger partial charge in [-0.3, -0.25) is 9.11 Å². The van der Waals surface area contributed by atoms with Crippen LogP contribution in [0.15, 0.2) is 100 Å². The molecule has 19 heteroatoms. The molecule has 4 aromatic rings. The van der Waals surface area contributed by atoms with Crippen molar-refractivity contribution in [2.45, 2.75) is 23.6 Å². The number of hydrogen-bond donors (Lipinski definition) is 2. The van der Waals surface area contributed by atoms with Crippen LogP contribution in [0.5, 0.6) is 0 Å². The molecule has 0 spiro atoms. The van der Waals surface area contributed by atoms with Crippen LogP contribution in [-0.2, 0) is 36.7 Å². The molecule has 0 radical (unpaired) electrons. The van der Waals surface area contributed by atoms with E-state index in [1.165, 1.54) is 49.2 Å². The molecule has 2 heterocycles. The summed E-state index contributed by atoms with van der Waals surface area (Å²) in [5.41, 5.74) is 1.29. The van der Waals surface area contributed by atoms with Crippen molar-refractivity contribution in [1.82, 2.24) is 9.97 Å². The Hall–Kier alpha value is -4.03. The van der Waals surface area contributed by atoms with Crippen molar-refractivity contribution in [2.24, 2.45) is 20.5 Å². The van der Waals surface area contributed by atoms with Crippen LogP contribution in [-0.4, -0.2) is 63.1 Å². The van der Waals surface area contributed by atoms with Gasteiger partial charge >= 0.3 is 12.0 Å². The Bertz CT molecular complexity index is 1740. The van der Waals surface area contributed by atoms with Crippen LogP contribution >= 0.6 is 0 Å². The Morgan fingerprint density at radius 1 is 0.721 bits per heavy atom. The van der Waals surface area contributed by atoms with E-state index in [2.05, 4.69) is 30.4 Å². The maximum Gasteiger partial charge on any atom is 0.340 e. The molecule has 4 rings (SSSR count). The molecule has 16 nitrogen and oxygen atoms in total. The fourth-order valence-corrected chi connectivity index (χ4v) is 4.66. The maximum absolute atomic E-state index is 11.6. The molecule has 0 unspecified atom stereocenters. The van der Waals surface area contributed by atoms with Crippen LogP contribution in [0.25, 0.3) is 0 Å². The summed E-state index contributed by atoms with van der Waals surface area (Å²) in [6.07, 6.45) is 5.41. The predicted molar refractivity (Wildman–Crippen MR) is 152 cm³/mol. The summed E-state index contributed by atoms with van der Waals surface area (Å²) in [7, 11) is -5.35. The van der Waals surface area contributed by atoms with Gasteiger partial charge < -0.3 is 18.6 Å². The first-order valence-corrected chi connectivity index (χ1v) is 15.0. The molecule has 0 aliphatic carbocycles. The van der Waals surface area contributed by atoms with E-state index >= 15 is 0 Å². The molecule has 234 valence electrons. The summed E-state index contributed by atoms with van der Waals surface area (Å²) >= 11 is 0. The monoisotopic (exact) mass is 678 g/mol. The Morgan fingerprint density at radius 2 is 1.14 bits per heavy atom. The quantitative estimate of drug-likeness (QED) is 0.119. The number of azo groups is 2. The number of rotatable bonds is 10. The number of hydrogen-bond acceptors (Lipinski definition) is 14. The summed E-state index contributed by atoms with van der Waals surface area (Å²) in [5, 5.41) is 14.8. The van der Waals surface area contributed by atoms with Crippen LogP contribution in [0.3, 0.4) is 0 Å². The van der Waals surface area contributed by atoms with Crippen LogP contribution in [0.4, 0.5) is 34.8 Å². The molecule has 0 amide bonds. The van der Waals surface area contributed by atoms with Crippen molar-refractivity contribution in [2.75, 3.05) is 37.0 Å². The number of nitrogens with zero attached hydrogens (tertiary/aromatic N) is 8. The van der Waals surface area contributed by atoms with E-state index in [-0.39, 0.29) is 49.7 Å².